The van der Waals surface area contributed by atoms with E-state index in [1.165, 1.54) is 11.3 Å². The molecule has 7 heteroatoms. The van der Waals surface area contributed by atoms with Crippen LogP contribution in [-0.2, 0) is 11.3 Å². The molecule has 0 fully saturated rings. The molecule has 3 N–H and O–H groups in total. The number of rotatable bonds is 6. The summed E-state index contributed by atoms with van der Waals surface area (Å²) >= 11 is 1.51. The summed E-state index contributed by atoms with van der Waals surface area (Å²) in [6.07, 6.45) is 0.671. The lowest BCUT2D eigenvalue weighted by molar-refractivity contribution is -0.144. The molecular weight excluding hydrogens is 266 g/mol. The molecule has 0 saturated carbocycles. The van der Waals surface area contributed by atoms with Crippen LogP contribution in [0.25, 0.3) is 0 Å². The molecule has 106 valence electrons. The van der Waals surface area contributed by atoms with Crippen LogP contribution in [0.1, 0.15) is 37.4 Å². The van der Waals surface area contributed by atoms with Crippen LogP contribution in [0.4, 0.5) is 4.79 Å². The summed E-state index contributed by atoms with van der Waals surface area (Å²) in [5.74, 6) is -1.02. The minimum Gasteiger partial charge on any atom is -0.480 e. The van der Waals surface area contributed by atoms with Crippen molar-refractivity contribution in [2.24, 2.45) is 0 Å². The molecule has 1 aromatic rings. The van der Waals surface area contributed by atoms with E-state index in [2.05, 4.69) is 15.6 Å². The third-order valence-electron chi connectivity index (χ3n) is 3.07. The molecule has 0 radical (unpaired) electrons. The Hall–Kier alpha value is -1.63. The summed E-state index contributed by atoms with van der Waals surface area (Å²) in [7, 11) is 0. The second-order valence-corrected chi connectivity index (χ2v) is 5.32. The Kier molecular flexibility index (Phi) is 5.29. The average molecular weight is 285 g/mol. The molecule has 0 aromatic carbocycles. The highest BCUT2D eigenvalue weighted by Gasteiger charge is 2.36. The number of thiazole rings is 1. The van der Waals surface area contributed by atoms with Crippen molar-refractivity contribution < 1.29 is 14.7 Å². The zero-order valence-electron chi connectivity index (χ0n) is 11.3. The number of aliphatic carboxylic acids is 1. The number of aryl methyl sites for hydroxylation is 1. The van der Waals surface area contributed by atoms with Crippen LogP contribution in [-0.4, -0.2) is 27.6 Å². The molecule has 0 aliphatic heterocycles. The number of nitrogens with one attached hydrogen (secondary N) is 2. The number of aromatic nitrogens is 1. The van der Waals surface area contributed by atoms with Gasteiger partial charge >= 0.3 is 12.0 Å². The van der Waals surface area contributed by atoms with Gasteiger partial charge in [-0.2, -0.15) is 0 Å². The number of amides is 2. The molecule has 0 spiro atoms. The molecule has 2 amide bonds. The van der Waals surface area contributed by atoms with E-state index >= 15 is 0 Å². The smallest absolute Gasteiger partial charge is 0.329 e. The number of carboxylic acids is 1. The minimum absolute atomic E-state index is 0.291. The second kappa shape index (κ2) is 6.51. The van der Waals surface area contributed by atoms with Crippen molar-refractivity contribution in [1.82, 2.24) is 15.6 Å². The van der Waals surface area contributed by atoms with E-state index < -0.39 is 17.5 Å². The predicted octanol–water partition coefficient (Wildman–Crippen LogP) is 1.89. The Bertz CT molecular complexity index is 455. The highest BCUT2D eigenvalue weighted by atomic mass is 32.1. The fraction of sp³-hybridized carbons (Fsp3) is 0.583. The Morgan fingerprint density at radius 2 is 2.05 bits per heavy atom. The maximum Gasteiger partial charge on any atom is 0.329 e. The summed E-state index contributed by atoms with van der Waals surface area (Å²) in [5.41, 5.74) is -0.436. The number of urea groups is 1. The summed E-state index contributed by atoms with van der Waals surface area (Å²) in [4.78, 5) is 27.2. The summed E-state index contributed by atoms with van der Waals surface area (Å²) in [5, 5.41) is 17.2. The van der Waals surface area contributed by atoms with Crippen LogP contribution in [0.2, 0.25) is 0 Å². The first-order chi connectivity index (χ1) is 8.93. The van der Waals surface area contributed by atoms with Crippen molar-refractivity contribution in [3.63, 3.8) is 0 Å². The van der Waals surface area contributed by atoms with Crippen LogP contribution in [0.15, 0.2) is 5.38 Å². The van der Waals surface area contributed by atoms with Gasteiger partial charge in [-0.3, -0.25) is 0 Å². The van der Waals surface area contributed by atoms with Gasteiger partial charge < -0.3 is 15.7 Å². The van der Waals surface area contributed by atoms with Gasteiger partial charge in [0.05, 0.1) is 17.2 Å². The highest BCUT2D eigenvalue weighted by molar-refractivity contribution is 7.09. The normalized spacial score (nSPS) is 11.1. The number of hydrogen-bond acceptors (Lipinski definition) is 4. The molecule has 1 rings (SSSR count). The monoisotopic (exact) mass is 285 g/mol. The molecule has 0 aliphatic carbocycles. The van der Waals surface area contributed by atoms with Crippen molar-refractivity contribution in [2.45, 2.75) is 45.7 Å². The molecule has 6 nitrogen and oxygen atoms in total. The minimum atomic E-state index is -1.21. The van der Waals surface area contributed by atoms with Crippen molar-refractivity contribution in [1.29, 1.82) is 0 Å². The third kappa shape index (κ3) is 3.92. The van der Waals surface area contributed by atoms with Crippen molar-refractivity contribution in [3.05, 3.63) is 16.1 Å². The van der Waals surface area contributed by atoms with Gasteiger partial charge in [0.25, 0.3) is 0 Å². The Morgan fingerprint density at radius 3 is 2.47 bits per heavy atom. The first-order valence-electron chi connectivity index (χ1n) is 6.14. The first-order valence-corrected chi connectivity index (χ1v) is 7.02. The van der Waals surface area contributed by atoms with E-state index in [0.29, 0.717) is 19.4 Å². The van der Waals surface area contributed by atoms with Crippen LogP contribution >= 0.6 is 11.3 Å². The van der Waals surface area contributed by atoms with E-state index in [4.69, 9.17) is 0 Å². The van der Waals surface area contributed by atoms with Crippen LogP contribution in [0.3, 0.4) is 0 Å². The molecule has 0 aliphatic rings. The Morgan fingerprint density at radius 1 is 1.42 bits per heavy atom. The number of carbonyl (C=O) groups is 2. The lowest BCUT2D eigenvalue weighted by Crippen LogP contribution is -2.56. The molecular formula is C12H19N3O3S. The highest BCUT2D eigenvalue weighted by Crippen LogP contribution is 2.15. The molecule has 0 saturated heterocycles. The zero-order valence-corrected chi connectivity index (χ0v) is 12.1. The quantitative estimate of drug-likeness (QED) is 0.744. The SMILES string of the molecule is CCC(CC)(NC(=O)NCc1csc(C)n1)C(=O)O. The van der Waals surface area contributed by atoms with Gasteiger partial charge in [0.15, 0.2) is 0 Å². The third-order valence-corrected chi connectivity index (χ3v) is 3.89. The fourth-order valence-corrected chi connectivity index (χ4v) is 2.32. The van der Waals surface area contributed by atoms with Crippen LogP contribution < -0.4 is 10.6 Å². The number of carbonyl (C=O) groups excluding carboxylic acids is 1. The standard InChI is InChI=1S/C12H19N3O3S/c1-4-12(5-2,10(16)17)15-11(18)13-6-9-7-19-8(3)14-9/h7H,4-6H2,1-3H3,(H,16,17)(H2,13,15,18). The molecule has 0 bridgehead atoms. The largest absolute Gasteiger partial charge is 0.480 e. The van der Waals surface area contributed by atoms with E-state index in [1.807, 2.05) is 12.3 Å². The van der Waals surface area contributed by atoms with E-state index in [-0.39, 0.29) is 0 Å². The second-order valence-electron chi connectivity index (χ2n) is 4.26. The maximum absolute atomic E-state index is 11.8. The van der Waals surface area contributed by atoms with Crippen LogP contribution in [0.5, 0.6) is 0 Å². The predicted molar refractivity (Wildman–Crippen MR) is 73.2 cm³/mol. The Balaban J connectivity index is 2.56. The first kappa shape index (κ1) is 15.4. The summed E-state index contributed by atoms with van der Waals surface area (Å²) < 4.78 is 0. The van der Waals surface area contributed by atoms with E-state index in [1.54, 1.807) is 13.8 Å². The lowest BCUT2D eigenvalue weighted by atomic mass is 9.93. The van der Waals surface area contributed by atoms with Gasteiger partial charge in [0.1, 0.15) is 5.54 Å². The fourth-order valence-electron chi connectivity index (χ4n) is 1.70. The number of carboxylic acid groups (broad SMARTS) is 1. The number of nitrogens with zero attached hydrogens (tertiary/aromatic N) is 1. The molecule has 0 unspecified atom stereocenters. The van der Waals surface area contributed by atoms with Crippen molar-refractivity contribution in [2.75, 3.05) is 0 Å². The van der Waals surface area contributed by atoms with Crippen molar-refractivity contribution in [3.8, 4) is 0 Å². The van der Waals surface area contributed by atoms with Gasteiger partial charge in [0.2, 0.25) is 0 Å². The molecule has 0 atom stereocenters. The van der Waals surface area contributed by atoms with Crippen LogP contribution in [0, 0.1) is 6.92 Å². The van der Waals surface area contributed by atoms with Gasteiger partial charge in [0, 0.05) is 5.38 Å². The summed E-state index contributed by atoms with van der Waals surface area (Å²) in [6.45, 7) is 5.65. The molecule has 1 aromatic heterocycles. The topological polar surface area (TPSA) is 91.3 Å². The Labute approximate surface area is 116 Å². The van der Waals surface area contributed by atoms with Gasteiger partial charge in [-0.1, -0.05) is 13.8 Å². The summed E-state index contributed by atoms with van der Waals surface area (Å²) in [6, 6.07) is -0.489. The van der Waals surface area contributed by atoms with E-state index in [0.717, 1.165) is 10.7 Å². The zero-order chi connectivity index (χ0) is 14.5. The number of hydrogen-bond donors (Lipinski definition) is 3. The average Bonchev–Trinajstić information content (AvgIpc) is 2.79. The molecule has 1 heterocycles. The van der Waals surface area contributed by atoms with Crippen molar-refractivity contribution >= 4 is 23.3 Å². The van der Waals surface area contributed by atoms with Gasteiger partial charge in [-0.25, -0.2) is 14.6 Å². The van der Waals surface area contributed by atoms with E-state index in [9.17, 15) is 14.7 Å². The maximum atomic E-state index is 11.8. The van der Waals surface area contributed by atoms with Gasteiger partial charge in [-0.05, 0) is 19.8 Å². The lowest BCUT2D eigenvalue weighted by Gasteiger charge is -2.27. The van der Waals surface area contributed by atoms with Gasteiger partial charge in [-0.15, -0.1) is 11.3 Å². The molecule has 19 heavy (non-hydrogen) atoms.